The lowest BCUT2D eigenvalue weighted by Crippen LogP contribution is -2.42. The van der Waals surface area contributed by atoms with Crippen molar-refractivity contribution in [3.05, 3.63) is 11.7 Å². The lowest BCUT2D eigenvalue weighted by Gasteiger charge is -2.34. The van der Waals surface area contributed by atoms with Crippen molar-refractivity contribution < 1.29 is 9.32 Å². The molecule has 0 bridgehead atoms. The van der Waals surface area contributed by atoms with E-state index in [0.717, 1.165) is 63.3 Å². The molecule has 1 aliphatic carbocycles. The normalized spacial score (nSPS) is 23.7. The fraction of sp³-hybridized carbons (Fsp3) is 0.824. The molecule has 5 heteroatoms. The van der Waals surface area contributed by atoms with Crippen LogP contribution in [0, 0.1) is 5.92 Å². The summed E-state index contributed by atoms with van der Waals surface area (Å²) in [5, 5.41) is 4.05. The third-order valence-electron chi connectivity index (χ3n) is 4.99. The Morgan fingerprint density at radius 1 is 1.23 bits per heavy atom. The highest BCUT2D eigenvalue weighted by Gasteiger charge is 2.32. The predicted molar refractivity (Wildman–Crippen MR) is 83.4 cm³/mol. The molecule has 22 heavy (non-hydrogen) atoms. The molecular weight excluding hydrogens is 278 g/mol. The van der Waals surface area contributed by atoms with Crippen molar-refractivity contribution in [1.82, 2.24) is 15.0 Å². The Kier molecular flexibility index (Phi) is 5.11. The van der Waals surface area contributed by atoms with Gasteiger partial charge < -0.3 is 9.42 Å². The van der Waals surface area contributed by atoms with Crippen molar-refractivity contribution in [2.45, 2.75) is 70.6 Å². The minimum absolute atomic E-state index is 0.222. The van der Waals surface area contributed by atoms with Gasteiger partial charge in [-0.2, -0.15) is 4.98 Å². The molecule has 1 aromatic heterocycles. The van der Waals surface area contributed by atoms with Gasteiger partial charge in [0.1, 0.15) is 0 Å². The van der Waals surface area contributed by atoms with Crippen LogP contribution in [0.5, 0.6) is 0 Å². The summed E-state index contributed by atoms with van der Waals surface area (Å²) in [6.45, 7) is 3.76. The molecule has 122 valence electrons. The third kappa shape index (κ3) is 3.50. The lowest BCUT2D eigenvalue weighted by molar-refractivity contribution is -0.137. The Morgan fingerprint density at radius 2 is 2.05 bits per heavy atom. The molecule has 1 unspecified atom stereocenters. The van der Waals surface area contributed by atoms with Crippen molar-refractivity contribution in [3.63, 3.8) is 0 Å². The van der Waals surface area contributed by atoms with Gasteiger partial charge in [0, 0.05) is 25.4 Å². The molecule has 1 amide bonds. The van der Waals surface area contributed by atoms with Crippen LogP contribution in [-0.2, 0) is 11.2 Å². The Labute approximate surface area is 132 Å². The number of likely N-dealkylation sites (tertiary alicyclic amines) is 1. The molecule has 1 aromatic rings. The summed E-state index contributed by atoms with van der Waals surface area (Å²) >= 11 is 0. The minimum Gasteiger partial charge on any atom is -0.342 e. The SMILES string of the molecule is CCCc1noc(C2CCCN(C(=O)C3CCCCC3)C2)n1. The predicted octanol–water partition coefficient (Wildman–Crippen LogP) is 3.31. The zero-order valence-electron chi connectivity index (χ0n) is 13.6. The third-order valence-corrected chi connectivity index (χ3v) is 4.99. The van der Waals surface area contributed by atoms with Crippen LogP contribution in [0.15, 0.2) is 4.52 Å². The van der Waals surface area contributed by atoms with E-state index >= 15 is 0 Å². The summed E-state index contributed by atoms with van der Waals surface area (Å²) in [6, 6.07) is 0. The number of hydrogen-bond donors (Lipinski definition) is 0. The molecule has 0 aromatic carbocycles. The van der Waals surface area contributed by atoms with Crippen LogP contribution in [0.3, 0.4) is 0 Å². The number of rotatable bonds is 4. The number of amides is 1. The number of nitrogens with zero attached hydrogens (tertiary/aromatic N) is 3. The van der Waals surface area contributed by atoms with Gasteiger partial charge in [-0.3, -0.25) is 4.79 Å². The van der Waals surface area contributed by atoms with E-state index in [4.69, 9.17) is 4.52 Å². The smallest absolute Gasteiger partial charge is 0.231 e. The number of aryl methyl sites for hydroxylation is 1. The van der Waals surface area contributed by atoms with Crippen LogP contribution >= 0.6 is 0 Å². The zero-order chi connectivity index (χ0) is 15.4. The zero-order valence-corrected chi connectivity index (χ0v) is 13.6. The first-order valence-electron chi connectivity index (χ1n) is 8.89. The van der Waals surface area contributed by atoms with Gasteiger partial charge in [-0.15, -0.1) is 0 Å². The maximum atomic E-state index is 12.7. The molecule has 2 fully saturated rings. The lowest BCUT2D eigenvalue weighted by atomic mass is 9.87. The van der Waals surface area contributed by atoms with Gasteiger partial charge >= 0.3 is 0 Å². The summed E-state index contributed by atoms with van der Waals surface area (Å²) in [5.74, 6) is 2.36. The van der Waals surface area contributed by atoms with Crippen LogP contribution in [-0.4, -0.2) is 34.0 Å². The van der Waals surface area contributed by atoms with Crippen LogP contribution in [0.25, 0.3) is 0 Å². The molecular formula is C17H27N3O2. The molecule has 0 radical (unpaired) electrons. The van der Waals surface area contributed by atoms with Gasteiger partial charge in [-0.25, -0.2) is 0 Å². The van der Waals surface area contributed by atoms with E-state index in [1.807, 2.05) is 4.90 Å². The second-order valence-electron chi connectivity index (χ2n) is 6.76. The van der Waals surface area contributed by atoms with Crippen molar-refractivity contribution in [1.29, 1.82) is 0 Å². The second-order valence-corrected chi connectivity index (χ2v) is 6.76. The van der Waals surface area contributed by atoms with E-state index in [0.29, 0.717) is 5.91 Å². The maximum absolute atomic E-state index is 12.7. The minimum atomic E-state index is 0.222. The van der Waals surface area contributed by atoms with Crippen molar-refractivity contribution in [2.24, 2.45) is 5.92 Å². The molecule has 1 saturated carbocycles. The van der Waals surface area contributed by atoms with E-state index in [1.165, 1.54) is 19.3 Å². The molecule has 0 spiro atoms. The first-order valence-corrected chi connectivity index (χ1v) is 8.89. The number of hydrogen-bond acceptors (Lipinski definition) is 4. The number of carbonyl (C=O) groups is 1. The highest BCUT2D eigenvalue weighted by molar-refractivity contribution is 5.79. The average molecular weight is 305 g/mol. The highest BCUT2D eigenvalue weighted by Crippen LogP contribution is 2.30. The summed E-state index contributed by atoms with van der Waals surface area (Å²) in [6.07, 6.45) is 9.81. The maximum Gasteiger partial charge on any atom is 0.231 e. The van der Waals surface area contributed by atoms with E-state index in [2.05, 4.69) is 17.1 Å². The molecule has 0 N–H and O–H groups in total. The average Bonchev–Trinajstić information content (AvgIpc) is 3.04. The molecule has 3 rings (SSSR count). The molecule has 1 atom stereocenters. The largest absolute Gasteiger partial charge is 0.342 e. The van der Waals surface area contributed by atoms with Crippen LogP contribution in [0.2, 0.25) is 0 Å². The highest BCUT2D eigenvalue weighted by atomic mass is 16.5. The van der Waals surface area contributed by atoms with E-state index in [-0.39, 0.29) is 11.8 Å². The van der Waals surface area contributed by atoms with Gasteiger partial charge in [0.15, 0.2) is 5.82 Å². The summed E-state index contributed by atoms with van der Waals surface area (Å²) in [4.78, 5) is 19.3. The molecule has 2 aliphatic rings. The summed E-state index contributed by atoms with van der Waals surface area (Å²) < 4.78 is 5.43. The standard InChI is InChI=1S/C17H27N3O2/c1-2-7-15-18-16(22-19-15)14-10-6-11-20(12-14)17(21)13-8-4-3-5-9-13/h13-14H,2-12H2,1H3. The fourth-order valence-corrected chi connectivity index (χ4v) is 3.75. The first kappa shape index (κ1) is 15.5. The Bertz CT molecular complexity index is 494. The second kappa shape index (κ2) is 7.25. The topological polar surface area (TPSA) is 59.2 Å². The van der Waals surface area contributed by atoms with E-state index in [9.17, 15) is 4.79 Å². The van der Waals surface area contributed by atoms with Crippen molar-refractivity contribution in [2.75, 3.05) is 13.1 Å². The van der Waals surface area contributed by atoms with Gasteiger partial charge in [0.05, 0.1) is 5.92 Å². The van der Waals surface area contributed by atoms with Crippen LogP contribution in [0.4, 0.5) is 0 Å². The molecule has 5 nitrogen and oxygen atoms in total. The van der Waals surface area contributed by atoms with E-state index in [1.54, 1.807) is 0 Å². The quantitative estimate of drug-likeness (QED) is 0.856. The Hall–Kier alpha value is -1.39. The molecule has 1 aliphatic heterocycles. The number of carbonyl (C=O) groups excluding carboxylic acids is 1. The first-order chi connectivity index (χ1) is 10.8. The van der Waals surface area contributed by atoms with Crippen LogP contribution < -0.4 is 0 Å². The molecule has 1 saturated heterocycles. The summed E-state index contributed by atoms with van der Waals surface area (Å²) in [7, 11) is 0. The number of aromatic nitrogens is 2. The molecule has 2 heterocycles. The van der Waals surface area contributed by atoms with Crippen molar-refractivity contribution in [3.8, 4) is 0 Å². The van der Waals surface area contributed by atoms with Crippen molar-refractivity contribution >= 4 is 5.91 Å². The van der Waals surface area contributed by atoms with Crippen LogP contribution in [0.1, 0.15) is 75.9 Å². The van der Waals surface area contributed by atoms with Gasteiger partial charge in [0.2, 0.25) is 11.8 Å². The summed E-state index contributed by atoms with van der Waals surface area (Å²) in [5.41, 5.74) is 0. The van der Waals surface area contributed by atoms with Gasteiger partial charge in [-0.1, -0.05) is 31.3 Å². The fourth-order valence-electron chi connectivity index (χ4n) is 3.75. The number of piperidine rings is 1. The Morgan fingerprint density at radius 3 is 2.82 bits per heavy atom. The Balaban J connectivity index is 1.61. The van der Waals surface area contributed by atoms with E-state index < -0.39 is 0 Å². The van der Waals surface area contributed by atoms with Gasteiger partial charge in [-0.05, 0) is 32.1 Å². The monoisotopic (exact) mass is 305 g/mol. The van der Waals surface area contributed by atoms with Gasteiger partial charge in [0.25, 0.3) is 0 Å².